The van der Waals surface area contributed by atoms with Gasteiger partial charge in [0.1, 0.15) is 12.0 Å². The second kappa shape index (κ2) is 13.1. The van der Waals surface area contributed by atoms with Gasteiger partial charge in [-0.1, -0.05) is 50.6 Å². The molecule has 1 aromatic heterocycles. The van der Waals surface area contributed by atoms with Gasteiger partial charge in [0.15, 0.2) is 11.6 Å². The summed E-state index contributed by atoms with van der Waals surface area (Å²) in [7, 11) is 0. The van der Waals surface area contributed by atoms with Crippen molar-refractivity contribution < 1.29 is 14.3 Å². The third kappa shape index (κ3) is 8.03. The molecule has 8 heteroatoms. The summed E-state index contributed by atoms with van der Waals surface area (Å²) in [5, 5.41) is 5.70. The Morgan fingerprint density at radius 3 is 2.71 bits per heavy atom. The molecule has 1 amide bonds. The maximum absolute atomic E-state index is 10.9. The van der Waals surface area contributed by atoms with Crippen LogP contribution in [0, 0.1) is 0 Å². The van der Waals surface area contributed by atoms with Crippen molar-refractivity contribution in [3.63, 3.8) is 0 Å². The number of aldehydes is 1. The number of hydrogen-bond acceptors (Lipinski definition) is 7. The Hall–Kier alpha value is -3.16. The third-order valence-electron chi connectivity index (χ3n) is 3.80. The van der Waals surface area contributed by atoms with E-state index in [1.165, 1.54) is 0 Å². The molecule has 8 nitrogen and oxygen atoms in total. The normalized spacial score (nSPS) is 11.3. The number of nitrogens with one attached hydrogen (secondary N) is 2. The van der Waals surface area contributed by atoms with Crippen LogP contribution in [0.4, 0.5) is 17.3 Å². The molecule has 0 fully saturated rings. The number of aromatic nitrogens is 2. The molecule has 1 rings (SSSR count). The fourth-order valence-electron chi connectivity index (χ4n) is 2.15. The predicted octanol–water partition coefficient (Wildman–Crippen LogP) is 3.26. The van der Waals surface area contributed by atoms with E-state index in [0.29, 0.717) is 37.5 Å². The Morgan fingerprint density at radius 2 is 2.07 bits per heavy atom. The monoisotopic (exact) mass is 387 g/mol. The predicted molar refractivity (Wildman–Crippen MR) is 112 cm³/mol. The molecule has 0 radical (unpaired) electrons. The van der Waals surface area contributed by atoms with Gasteiger partial charge in [-0.25, -0.2) is 0 Å². The topological polar surface area (TPSA) is 119 Å². The van der Waals surface area contributed by atoms with E-state index in [9.17, 15) is 9.59 Å². The molecular weight excluding hydrogens is 358 g/mol. The summed E-state index contributed by atoms with van der Waals surface area (Å²) in [6, 6.07) is 0.164. The van der Waals surface area contributed by atoms with Gasteiger partial charge < -0.3 is 25.9 Å². The number of nitrogen functional groups attached to an aromatic ring is 1. The lowest BCUT2D eigenvalue weighted by atomic mass is 10.1. The van der Waals surface area contributed by atoms with Crippen LogP contribution in [0.15, 0.2) is 36.0 Å². The molecule has 0 aliphatic rings. The zero-order chi connectivity index (χ0) is 20.8. The largest absolute Gasteiger partial charge is 0.463 e. The lowest BCUT2D eigenvalue weighted by Gasteiger charge is -2.14. The highest BCUT2D eigenvalue weighted by Crippen LogP contribution is 2.27. The number of unbranched alkanes of at least 4 members (excludes halogenated alkanes) is 1. The number of nitrogens with two attached hydrogens (primary N) is 1. The highest BCUT2D eigenvalue weighted by atomic mass is 16.5. The van der Waals surface area contributed by atoms with Crippen LogP contribution in [0.3, 0.4) is 0 Å². The standard InChI is InChI=1S/C20H29N5O3/c1-4-6-12-28-20-24-18(21)17(23-14-27)19(25-20)22-13-16(5-2)9-7-8-15(3)10-11-26/h7-9,11,14H,3-6,10,12-13H2,1-2H3,(H,23,27)(H3,21,22,24,25)/b8-7-,16-9+. The minimum Gasteiger partial charge on any atom is -0.463 e. The highest BCUT2D eigenvalue weighted by molar-refractivity contribution is 5.86. The van der Waals surface area contributed by atoms with E-state index in [4.69, 9.17) is 10.5 Å². The Kier molecular flexibility index (Phi) is 10.7. The fourth-order valence-corrected chi connectivity index (χ4v) is 2.15. The molecule has 152 valence electrons. The van der Waals surface area contributed by atoms with Crippen LogP contribution < -0.4 is 21.1 Å². The highest BCUT2D eigenvalue weighted by Gasteiger charge is 2.13. The van der Waals surface area contributed by atoms with E-state index in [0.717, 1.165) is 36.7 Å². The van der Waals surface area contributed by atoms with E-state index in [1.54, 1.807) is 6.08 Å². The number of ether oxygens (including phenoxy) is 1. The molecule has 1 aromatic rings. The molecule has 28 heavy (non-hydrogen) atoms. The van der Waals surface area contributed by atoms with Crippen molar-refractivity contribution in [2.45, 2.75) is 39.5 Å². The van der Waals surface area contributed by atoms with Crippen molar-refractivity contribution >= 4 is 30.0 Å². The van der Waals surface area contributed by atoms with E-state index in [-0.39, 0.29) is 11.8 Å². The van der Waals surface area contributed by atoms with Crippen molar-refractivity contribution in [1.29, 1.82) is 0 Å². The molecule has 0 bridgehead atoms. The van der Waals surface area contributed by atoms with E-state index in [1.807, 2.05) is 19.1 Å². The van der Waals surface area contributed by atoms with Crippen LogP contribution >= 0.6 is 0 Å². The zero-order valence-corrected chi connectivity index (χ0v) is 16.5. The minimum absolute atomic E-state index is 0.128. The molecule has 0 aromatic carbocycles. The van der Waals surface area contributed by atoms with Gasteiger partial charge in [0, 0.05) is 13.0 Å². The molecule has 0 spiro atoms. The number of carbonyl (C=O) groups excluding carboxylic acids is 2. The Morgan fingerprint density at radius 1 is 1.29 bits per heavy atom. The van der Waals surface area contributed by atoms with E-state index >= 15 is 0 Å². The maximum atomic E-state index is 10.9. The number of carbonyl (C=O) groups is 2. The first-order valence-corrected chi connectivity index (χ1v) is 9.27. The van der Waals surface area contributed by atoms with Gasteiger partial charge in [0.25, 0.3) is 0 Å². The third-order valence-corrected chi connectivity index (χ3v) is 3.80. The van der Waals surface area contributed by atoms with E-state index in [2.05, 4.69) is 34.1 Å². The molecular formula is C20H29N5O3. The first-order chi connectivity index (χ1) is 13.5. The Bertz CT molecular complexity index is 729. The van der Waals surface area contributed by atoms with Crippen LogP contribution in [0.1, 0.15) is 39.5 Å². The summed E-state index contributed by atoms with van der Waals surface area (Å²) >= 11 is 0. The summed E-state index contributed by atoms with van der Waals surface area (Å²) in [6.45, 7) is 8.86. The van der Waals surface area contributed by atoms with Gasteiger partial charge in [-0.15, -0.1) is 0 Å². The van der Waals surface area contributed by atoms with Crippen molar-refractivity contribution in [2.24, 2.45) is 0 Å². The molecule has 0 atom stereocenters. The number of hydrogen-bond donors (Lipinski definition) is 3. The average Bonchev–Trinajstić information content (AvgIpc) is 2.67. The number of allylic oxidation sites excluding steroid dienone is 4. The van der Waals surface area contributed by atoms with Gasteiger partial charge in [-0.2, -0.15) is 9.97 Å². The molecule has 0 aliphatic carbocycles. The van der Waals surface area contributed by atoms with Crippen molar-refractivity contribution in [3.8, 4) is 6.01 Å². The molecule has 4 N–H and O–H groups in total. The number of rotatable bonds is 14. The summed E-state index contributed by atoms with van der Waals surface area (Å²) < 4.78 is 5.53. The van der Waals surface area contributed by atoms with Crippen LogP contribution in [-0.2, 0) is 9.59 Å². The van der Waals surface area contributed by atoms with Crippen molar-refractivity contribution in [1.82, 2.24) is 9.97 Å². The van der Waals surface area contributed by atoms with E-state index < -0.39 is 0 Å². The second-order valence-electron chi connectivity index (χ2n) is 6.00. The fraction of sp³-hybridized carbons (Fsp3) is 0.400. The summed E-state index contributed by atoms with van der Waals surface area (Å²) in [6.07, 6.45) is 9.92. The Labute approximate surface area is 166 Å². The first-order valence-electron chi connectivity index (χ1n) is 9.27. The van der Waals surface area contributed by atoms with Crippen LogP contribution in [-0.4, -0.2) is 35.8 Å². The van der Waals surface area contributed by atoms with Gasteiger partial charge >= 0.3 is 6.01 Å². The minimum atomic E-state index is 0.128. The van der Waals surface area contributed by atoms with Gasteiger partial charge in [0.05, 0.1) is 6.61 Å². The quantitative estimate of drug-likeness (QED) is 0.255. The van der Waals surface area contributed by atoms with Crippen LogP contribution in [0.2, 0.25) is 0 Å². The average molecular weight is 387 g/mol. The molecule has 0 saturated heterocycles. The molecule has 0 aliphatic heterocycles. The molecule has 1 heterocycles. The first kappa shape index (κ1) is 22.9. The summed E-state index contributed by atoms with van der Waals surface area (Å²) in [5.41, 5.74) is 8.07. The van der Waals surface area contributed by atoms with Crippen LogP contribution in [0.25, 0.3) is 0 Å². The van der Waals surface area contributed by atoms with Gasteiger partial charge in [0.2, 0.25) is 6.41 Å². The Balaban J connectivity index is 2.92. The number of nitrogens with zero attached hydrogens (tertiary/aromatic N) is 2. The molecule has 0 saturated carbocycles. The lowest BCUT2D eigenvalue weighted by molar-refractivity contribution is -0.107. The summed E-state index contributed by atoms with van der Waals surface area (Å²) in [4.78, 5) is 29.8. The van der Waals surface area contributed by atoms with Gasteiger partial charge in [-0.3, -0.25) is 4.79 Å². The maximum Gasteiger partial charge on any atom is 0.320 e. The van der Waals surface area contributed by atoms with Crippen LogP contribution in [0.5, 0.6) is 6.01 Å². The zero-order valence-electron chi connectivity index (χ0n) is 16.5. The smallest absolute Gasteiger partial charge is 0.320 e. The molecule has 0 unspecified atom stereocenters. The number of amides is 1. The summed E-state index contributed by atoms with van der Waals surface area (Å²) in [5.74, 6) is 0.517. The van der Waals surface area contributed by atoms with Crippen molar-refractivity contribution in [2.75, 3.05) is 29.5 Å². The lowest BCUT2D eigenvalue weighted by Crippen LogP contribution is -2.13. The second-order valence-corrected chi connectivity index (χ2v) is 6.00. The SMILES string of the molecule is C=C(/C=C\C=C(/CC)CNc1nc(OCCCC)nc(N)c1NC=O)CC=O. The van der Waals surface area contributed by atoms with Gasteiger partial charge in [-0.05, 0) is 18.4 Å². The van der Waals surface area contributed by atoms with Crippen molar-refractivity contribution in [3.05, 3.63) is 36.0 Å². The number of anilines is 3.